The summed E-state index contributed by atoms with van der Waals surface area (Å²) >= 11 is 0. The molecule has 2 rings (SSSR count). The summed E-state index contributed by atoms with van der Waals surface area (Å²) in [6, 6.07) is 2.05. The minimum absolute atomic E-state index is 0.605. The molecule has 1 N–H and O–H groups in total. The molecule has 0 radical (unpaired) electrons. The molecular weight excluding hydrogens is 238 g/mol. The molecule has 0 saturated heterocycles. The summed E-state index contributed by atoms with van der Waals surface area (Å²) in [4.78, 5) is 0. The molecule has 19 heavy (non-hydrogen) atoms. The van der Waals surface area contributed by atoms with Crippen LogP contribution in [-0.2, 0) is 19.6 Å². The third-order valence-electron chi connectivity index (χ3n) is 3.06. The van der Waals surface area contributed by atoms with Crippen molar-refractivity contribution >= 4 is 5.69 Å². The highest BCUT2D eigenvalue weighted by atomic mass is 15.3. The average molecular weight is 261 g/mol. The van der Waals surface area contributed by atoms with E-state index < -0.39 is 0 Å². The molecule has 0 unspecified atom stereocenters. The monoisotopic (exact) mass is 261 g/mol. The summed E-state index contributed by atoms with van der Waals surface area (Å²) in [6.45, 7) is 11.2. The Morgan fingerprint density at radius 2 is 2.16 bits per heavy atom. The van der Waals surface area contributed by atoms with Gasteiger partial charge in [-0.1, -0.05) is 13.8 Å². The maximum atomic E-state index is 4.53. The van der Waals surface area contributed by atoms with Gasteiger partial charge in [0.1, 0.15) is 0 Å². The summed E-state index contributed by atoms with van der Waals surface area (Å²) < 4.78 is 4.01. The zero-order valence-corrected chi connectivity index (χ0v) is 12.2. The van der Waals surface area contributed by atoms with Crippen LogP contribution < -0.4 is 5.32 Å². The van der Waals surface area contributed by atoms with Gasteiger partial charge >= 0.3 is 0 Å². The highest BCUT2D eigenvalue weighted by molar-refractivity contribution is 5.45. The molecule has 0 aliphatic carbocycles. The van der Waals surface area contributed by atoms with Crippen molar-refractivity contribution in [3.05, 3.63) is 29.8 Å². The normalized spacial score (nSPS) is 11.2. The van der Waals surface area contributed by atoms with Gasteiger partial charge in [0.2, 0.25) is 0 Å². The standard InChI is InChI=1S/C14H23N5/c1-5-19-13(6-7-16-19)8-15-14-10-18(9-11(2)3)17-12(14)4/h6-7,10-11,15H,5,8-9H2,1-4H3. The Kier molecular flexibility index (Phi) is 4.24. The third kappa shape index (κ3) is 3.36. The lowest BCUT2D eigenvalue weighted by molar-refractivity contribution is 0.481. The van der Waals surface area contributed by atoms with E-state index in [2.05, 4.69) is 42.5 Å². The first-order chi connectivity index (χ1) is 9.10. The summed E-state index contributed by atoms with van der Waals surface area (Å²) in [5.74, 6) is 0.605. The maximum absolute atomic E-state index is 4.53. The van der Waals surface area contributed by atoms with Crippen molar-refractivity contribution in [2.45, 2.75) is 47.3 Å². The molecule has 2 heterocycles. The predicted molar refractivity (Wildman–Crippen MR) is 77.0 cm³/mol. The van der Waals surface area contributed by atoms with E-state index in [1.807, 2.05) is 28.6 Å². The second-order valence-electron chi connectivity index (χ2n) is 5.24. The smallest absolute Gasteiger partial charge is 0.0825 e. The van der Waals surface area contributed by atoms with Gasteiger partial charge in [0.15, 0.2) is 0 Å². The SMILES string of the molecule is CCn1nccc1CNc1cn(CC(C)C)nc1C. The largest absolute Gasteiger partial charge is 0.377 e. The van der Waals surface area contributed by atoms with Crippen molar-refractivity contribution in [1.82, 2.24) is 19.6 Å². The van der Waals surface area contributed by atoms with E-state index >= 15 is 0 Å². The molecule has 0 aliphatic heterocycles. The van der Waals surface area contributed by atoms with Crippen molar-refractivity contribution < 1.29 is 0 Å². The van der Waals surface area contributed by atoms with Crippen LogP contribution in [0.3, 0.4) is 0 Å². The number of hydrogen-bond donors (Lipinski definition) is 1. The van der Waals surface area contributed by atoms with Crippen LogP contribution in [0, 0.1) is 12.8 Å². The molecule has 0 atom stereocenters. The molecule has 0 aliphatic rings. The first-order valence-electron chi connectivity index (χ1n) is 6.88. The van der Waals surface area contributed by atoms with Gasteiger partial charge in [0, 0.05) is 25.5 Å². The quantitative estimate of drug-likeness (QED) is 0.869. The topological polar surface area (TPSA) is 47.7 Å². The minimum Gasteiger partial charge on any atom is -0.377 e. The van der Waals surface area contributed by atoms with Gasteiger partial charge in [-0.25, -0.2) is 0 Å². The summed E-state index contributed by atoms with van der Waals surface area (Å²) in [5, 5.41) is 12.2. The zero-order valence-electron chi connectivity index (χ0n) is 12.2. The van der Waals surface area contributed by atoms with E-state index in [4.69, 9.17) is 0 Å². The Labute approximate surface area is 114 Å². The van der Waals surface area contributed by atoms with Crippen molar-refractivity contribution in [3.8, 4) is 0 Å². The molecule has 2 aromatic rings. The lowest BCUT2D eigenvalue weighted by atomic mass is 10.2. The highest BCUT2D eigenvalue weighted by Crippen LogP contribution is 2.15. The molecule has 0 amide bonds. The second-order valence-corrected chi connectivity index (χ2v) is 5.24. The number of nitrogens with zero attached hydrogens (tertiary/aromatic N) is 4. The number of rotatable bonds is 6. The van der Waals surface area contributed by atoms with Crippen LogP contribution in [-0.4, -0.2) is 19.6 Å². The van der Waals surface area contributed by atoms with Crippen LogP contribution in [0.2, 0.25) is 0 Å². The fourth-order valence-corrected chi connectivity index (χ4v) is 2.14. The fourth-order valence-electron chi connectivity index (χ4n) is 2.14. The van der Waals surface area contributed by atoms with Crippen molar-refractivity contribution in [2.75, 3.05) is 5.32 Å². The van der Waals surface area contributed by atoms with Crippen molar-refractivity contribution in [3.63, 3.8) is 0 Å². The van der Waals surface area contributed by atoms with Crippen LogP contribution in [0.25, 0.3) is 0 Å². The zero-order chi connectivity index (χ0) is 13.8. The minimum atomic E-state index is 0.605. The number of aryl methyl sites for hydroxylation is 2. The van der Waals surface area contributed by atoms with Gasteiger partial charge < -0.3 is 5.32 Å². The van der Waals surface area contributed by atoms with E-state index in [0.29, 0.717) is 5.92 Å². The first kappa shape index (κ1) is 13.6. The summed E-state index contributed by atoms with van der Waals surface area (Å²) in [5.41, 5.74) is 3.34. The van der Waals surface area contributed by atoms with Crippen LogP contribution in [0.5, 0.6) is 0 Å². The predicted octanol–water partition coefficient (Wildman–Crippen LogP) is 2.68. The van der Waals surface area contributed by atoms with Gasteiger partial charge in [-0.15, -0.1) is 0 Å². The molecule has 5 heteroatoms. The Morgan fingerprint density at radius 1 is 1.37 bits per heavy atom. The van der Waals surface area contributed by atoms with Gasteiger partial charge in [-0.3, -0.25) is 9.36 Å². The molecule has 0 bridgehead atoms. The fraction of sp³-hybridized carbons (Fsp3) is 0.571. The Bertz CT molecular complexity index is 524. The lowest BCUT2D eigenvalue weighted by Crippen LogP contribution is -2.08. The maximum Gasteiger partial charge on any atom is 0.0825 e. The van der Waals surface area contributed by atoms with E-state index in [1.54, 1.807) is 0 Å². The van der Waals surface area contributed by atoms with E-state index in [9.17, 15) is 0 Å². The first-order valence-corrected chi connectivity index (χ1v) is 6.88. The Balaban J connectivity index is 2.01. The Hall–Kier alpha value is -1.78. The summed E-state index contributed by atoms with van der Waals surface area (Å²) in [6.07, 6.45) is 3.93. The molecule has 0 spiro atoms. The van der Waals surface area contributed by atoms with Crippen LogP contribution in [0.15, 0.2) is 18.5 Å². The third-order valence-corrected chi connectivity index (χ3v) is 3.06. The average Bonchev–Trinajstić information content (AvgIpc) is 2.92. The van der Waals surface area contributed by atoms with Gasteiger partial charge in [-0.05, 0) is 25.8 Å². The summed E-state index contributed by atoms with van der Waals surface area (Å²) in [7, 11) is 0. The van der Waals surface area contributed by atoms with Crippen LogP contribution >= 0.6 is 0 Å². The molecule has 0 fully saturated rings. The van der Waals surface area contributed by atoms with Gasteiger partial charge in [0.05, 0.1) is 23.6 Å². The number of hydrogen-bond acceptors (Lipinski definition) is 3. The molecule has 104 valence electrons. The van der Waals surface area contributed by atoms with E-state index in [1.165, 1.54) is 5.69 Å². The highest BCUT2D eigenvalue weighted by Gasteiger charge is 2.07. The second kappa shape index (κ2) is 5.91. The number of aromatic nitrogens is 4. The van der Waals surface area contributed by atoms with Crippen LogP contribution in [0.1, 0.15) is 32.2 Å². The van der Waals surface area contributed by atoms with Crippen molar-refractivity contribution in [1.29, 1.82) is 0 Å². The number of nitrogens with one attached hydrogen (secondary N) is 1. The molecule has 2 aromatic heterocycles. The molecule has 0 aromatic carbocycles. The number of anilines is 1. The van der Waals surface area contributed by atoms with Gasteiger partial charge in [-0.2, -0.15) is 10.2 Å². The molecule has 0 saturated carbocycles. The molecule has 5 nitrogen and oxygen atoms in total. The van der Waals surface area contributed by atoms with E-state index in [-0.39, 0.29) is 0 Å². The van der Waals surface area contributed by atoms with Crippen molar-refractivity contribution in [2.24, 2.45) is 5.92 Å². The van der Waals surface area contributed by atoms with Crippen LogP contribution in [0.4, 0.5) is 5.69 Å². The van der Waals surface area contributed by atoms with E-state index in [0.717, 1.165) is 31.0 Å². The lowest BCUT2D eigenvalue weighted by Gasteiger charge is -2.07. The molecular formula is C14H23N5. The Morgan fingerprint density at radius 3 is 2.84 bits per heavy atom. The van der Waals surface area contributed by atoms with Gasteiger partial charge in [0.25, 0.3) is 0 Å².